The average Bonchev–Trinajstić information content (AvgIpc) is 2.66. The van der Waals surface area contributed by atoms with Crippen LogP contribution in [0.2, 0.25) is 0 Å². The maximum absolute atomic E-state index is 12.6. The van der Waals surface area contributed by atoms with Gasteiger partial charge in [-0.2, -0.15) is 0 Å². The van der Waals surface area contributed by atoms with Crippen molar-refractivity contribution in [3.05, 3.63) is 77.5 Å². The lowest BCUT2D eigenvalue weighted by atomic mass is 10.0. The third kappa shape index (κ3) is 5.71. The highest BCUT2D eigenvalue weighted by Gasteiger charge is 2.16. The number of nitrogens with one attached hydrogen (secondary N) is 2. The number of hydrogen-bond donors (Lipinski definition) is 3. The second kappa shape index (κ2) is 9.57. The Kier molecular flexibility index (Phi) is 7.17. The van der Waals surface area contributed by atoms with E-state index in [1.54, 1.807) is 18.2 Å². The molecule has 5 heteroatoms. The monoisotopic (exact) mass is 365 g/mol. The zero-order valence-corrected chi connectivity index (χ0v) is 15.9. The second-order valence-corrected chi connectivity index (χ2v) is 6.58. The molecule has 5 nitrogen and oxygen atoms in total. The van der Waals surface area contributed by atoms with Gasteiger partial charge in [0.05, 0.1) is 11.7 Å². The Hall–Kier alpha value is -3.08. The quantitative estimate of drug-likeness (QED) is 0.586. The molecule has 0 spiro atoms. The van der Waals surface area contributed by atoms with Crippen LogP contribution in [0.25, 0.3) is 0 Å². The van der Waals surface area contributed by atoms with Gasteiger partial charge >= 0.3 is 0 Å². The van der Waals surface area contributed by atoms with Gasteiger partial charge in [0.1, 0.15) is 0 Å². The molecule has 0 saturated carbocycles. The number of carbonyl (C=O) groups excluding carboxylic acids is 2. The van der Waals surface area contributed by atoms with E-state index in [-0.39, 0.29) is 17.6 Å². The van der Waals surface area contributed by atoms with Crippen molar-refractivity contribution in [2.45, 2.75) is 39.2 Å². The fourth-order valence-corrected chi connectivity index (χ4v) is 2.84. The molecule has 2 aromatic rings. The first-order chi connectivity index (χ1) is 12.9. The van der Waals surface area contributed by atoms with Crippen molar-refractivity contribution in [3.63, 3.8) is 0 Å². The minimum atomic E-state index is -0.483. The van der Waals surface area contributed by atoms with Crippen molar-refractivity contribution in [1.82, 2.24) is 5.32 Å². The highest BCUT2D eigenvalue weighted by molar-refractivity contribution is 5.97. The summed E-state index contributed by atoms with van der Waals surface area (Å²) < 4.78 is 0. The summed E-state index contributed by atoms with van der Waals surface area (Å²) in [5, 5.41) is 6.09. The van der Waals surface area contributed by atoms with Gasteiger partial charge < -0.3 is 16.4 Å². The smallest absolute Gasteiger partial charge is 0.267 e. The van der Waals surface area contributed by atoms with Crippen LogP contribution in [-0.2, 0) is 4.79 Å². The van der Waals surface area contributed by atoms with Crippen LogP contribution in [0.15, 0.2) is 60.8 Å². The lowest BCUT2D eigenvalue weighted by Crippen LogP contribution is -2.31. The van der Waals surface area contributed by atoms with Gasteiger partial charge in [0.25, 0.3) is 5.91 Å². The zero-order chi connectivity index (χ0) is 19.8. The van der Waals surface area contributed by atoms with Crippen molar-refractivity contribution in [2.75, 3.05) is 5.32 Å². The van der Waals surface area contributed by atoms with E-state index in [4.69, 9.17) is 5.73 Å². The summed E-state index contributed by atoms with van der Waals surface area (Å²) in [6, 6.07) is 14.9. The van der Waals surface area contributed by atoms with Gasteiger partial charge in [0, 0.05) is 11.3 Å². The van der Waals surface area contributed by atoms with Gasteiger partial charge in [-0.1, -0.05) is 56.7 Å². The van der Waals surface area contributed by atoms with Crippen LogP contribution in [0.4, 0.5) is 5.69 Å². The lowest BCUT2D eigenvalue weighted by Gasteiger charge is -2.20. The first-order valence-corrected chi connectivity index (χ1v) is 9.14. The maximum Gasteiger partial charge on any atom is 0.267 e. The summed E-state index contributed by atoms with van der Waals surface area (Å²) in [6.45, 7) is 7.83. The third-order valence-corrected chi connectivity index (χ3v) is 4.42. The minimum absolute atomic E-state index is 0.0597. The zero-order valence-electron chi connectivity index (χ0n) is 15.9. The number of benzene rings is 2. The Morgan fingerprint density at radius 3 is 2.44 bits per heavy atom. The summed E-state index contributed by atoms with van der Waals surface area (Å²) >= 11 is 0. The Bertz CT molecular complexity index is 816. The number of unbranched alkanes of at least 4 members (excludes halogenated alkanes) is 1. The normalized spacial score (nSPS) is 11.5. The van der Waals surface area contributed by atoms with Crippen molar-refractivity contribution >= 4 is 17.5 Å². The van der Waals surface area contributed by atoms with Crippen molar-refractivity contribution in [2.24, 2.45) is 5.73 Å². The van der Waals surface area contributed by atoms with Gasteiger partial charge in [0.2, 0.25) is 5.91 Å². The Morgan fingerprint density at radius 2 is 1.85 bits per heavy atom. The van der Waals surface area contributed by atoms with Crippen molar-refractivity contribution < 1.29 is 9.59 Å². The largest absolute Gasteiger partial charge is 0.366 e. The molecule has 0 aliphatic rings. The SMILES string of the molecule is C=C(Nc1ccc(C(N)=O)cc1C)C(=O)NC(CCCC)c1ccccc1. The fraction of sp³-hybridized carbons (Fsp3) is 0.273. The topological polar surface area (TPSA) is 84.2 Å². The molecular formula is C22H27N3O2. The summed E-state index contributed by atoms with van der Waals surface area (Å²) in [5.41, 5.74) is 8.57. The Morgan fingerprint density at radius 1 is 1.15 bits per heavy atom. The molecule has 0 saturated heterocycles. The number of nitrogens with two attached hydrogens (primary N) is 1. The Balaban J connectivity index is 2.07. The Labute approximate surface area is 160 Å². The lowest BCUT2D eigenvalue weighted by molar-refractivity contribution is -0.118. The summed E-state index contributed by atoms with van der Waals surface area (Å²) in [7, 11) is 0. The molecule has 27 heavy (non-hydrogen) atoms. The molecule has 0 fully saturated rings. The van der Waals surface area contributed by atoms with Crippen LogP contribution in [0.5, 0.6) is 0 Å². The van der Waals surface area contributed by atoms with Crippen LogP contribution in [-0.4, -0.2) is 11.8 Å². The number of amides is 2. The van der Waals surface area contributed by atoms with E-state index >= 15 is 0 Å². The van der Waals surface area contributed by atoms with E-state index in [2.05, 4.69) is 24.1 Å². The number of carbonyl (C=O) groups is 2. The fourth-order valence-electron chi connectivity index (χ4n) is 2.84. The van der Waals surface area contributed by atoms with Gasteiger partial charge in [-0.25, -0.2) is 0 Å². The van der Waals surface area contributed by atoms with E-state index in [9.17, 15) is 9.59 Å². The van der Waals surface area contributed by atoms with Gasteiger partial charge in [-0.05, 0) is 42.7 Å². The number of hydrogen-bond acceptors (Lipinski definition) is 3. The first kappa shape index (κ1) is 20.2. The predicted octanol–water partition coefficient (Wildman–Crippen LogP) is 4.07. The van der Waals surface area contributed by atoms with Gasteiger partial charge in [0.15, 0.2) is 0 Å². The highest BCUT2D eigenvalue weighted by atomic mass is 16.2. The number of aryl methyl sites for hydroxylation is 1. The second-order valence-electron chi connectivity index (χ2n) is 6.58. The molecule has 0 radical (unpaired) electrons. The molecule has 142 valence electrons. The first-order valence-electron chi connectivity index (χ1n) is 9.14. The molecule has 0 heterocycles. The molecule has 1 atom stereocenters. The molecule has 0 aliphatic heterocycles. The third-order valence-electron chi connectivity index (χ3n) is 4.42. The number of anilines is 1. The van der Waals surface area contributed by atoms with E-state index in [1.165, 1.54) is 0 Å². The van der Waals surface area contributed by atoms with Gasteiger partial charge in [-0.15, -0.1) is 0 Å². The molecule has 2 amide bonds. The van der Waals surface area contributed by atoms with Crippen LogP contribution in [0.1, 0.15) is 53.7 Å². The van der Waals surface area contributed by atoms with E-state index < -0.39 is 5.91 Å². The molecule has 2 rings (SSSR count). The van der Waals surface area contributed by atoms with E-state index in [0.29, 0.717) is 11.3 Å². The van der Waals surface area contributed by atoms with E-state index in [0.717, 1.165) is 30.4 Å². The van der Waals surface area contributed by atoms with Crippen LogP contribution < -0.4 is 16.4 Å². The molecule has 0 aromatic heterocycles. The summed E-state index contributed by atoms with van der Waals surface area (Å²) in [4.78, 5) is 23.9. The molecule has 4 N–H and O–H groups in total. The summed E-state index contributed by atoms with van der Waals surface area (Å²) in [5.74, 6) is -0.735. The molecule has 0 bridgehead atoms. The summed E-state index contributed by atoms with van der Waals surface area (Å²) in [6.07, 6.45) is 2.95. The number of rotatable bonds is 9. The molecule has 1 unspecified atom stereocenters. The van der Waals surface area contributed by atoms with Crippen LogP contribution >= 0.6 is 0 Å². The predicted molar refractivity (Wildman–Crippen MR) is 109 cm³/mol. The van der Waals surface area contributed by atoms with Gasteiger partial charge in [-0.3, -0.25) is 9.59 Å². The maximum atomic E-state index is 12.6. The van der Waals surface area contributed by atoms with E-state index in [1.807, 2.05) is 37.3 Å². The molecule has 0 aliphatic carbocycles. The standard InChI is InChI=1S/C22H27N3O2/c1-4-5-11-20(17-9-7-6-8-10-17)25-22(27)16(3)24-19-13-12-18(21(23)26)14-15(19)2/h6-10,12-14,20,24H,3-5,11H2,1-2H3,(H2,23,26)(H,25,27). The number of primary amides is 1. The average molecular weight is 365 g/mol. The van der Waals surface area contributed by atoms with Crippen LogP contribution in [0, 0.1) is 6.92 Å². The minimum Gasteiger partial charge on any atom is -0.366 e. The molecular weight excluding hydrogens is 338 g/mol. The molecule has 2 aromatic carbocycles. The van der Waals surface area contributed by atoms with Crippen molar-refractivity contribution in [1.29, 1.82) is 0 Å². The van der Waals surface area contributed by atoms with Crippen LogP contribution in [0.3, 0.4) is 0 Å². The highest BCUT2D eigenvalue weighted by Crippen LogP contribution is 2.21. The van der Waals surface area contributed by atoms with Crippen molar-refractivity contribution in [3.8, 4) is 0 Å².